The summed E-state index contributed by atoms with van der Waals surface area (Å²) in [6.07, 6.45) is 4.43. The molecule has 106 valence electrons. The number of carbonyl (C=O) groups excluding carboxylic acids is 1. The number of piperidine rings is 1. The van der Waals surface area contributed by atoms with Crippen molar-refractivity contribution in [1.29, 1.82) is 0 Å². The monoisotopic (exact) mass is 280 g/mol. The molecule has 0 amide bonds. The molecular weight excluding hydrogens is 256 g/mol. The number of hydrogen-bond acceptors (Lipinski definition) is 4. The lowest BCUT2D eigenvalue weighted by atomic mass is 9.94. The summed E-state index contributed by atoms with van der Waals surface area (Å²) >= 11 is 1.56. The summed E-state index contributed by atoms with van der Waals surface area (Å²) in [6.45, 7) is 9.93. The first kappa shape index (κ1) is 14.5. The number of rotatable bonds is 4. The van der Waals surface area contributed by atoms with Crippen molar-refractivity contribution < 1.29 is 4.79 Å². The van der Waals surface area contributed by atoms with Gasteiger partial charge in [0.25, 0.3) is 0 Å². The number of nitrogens with zero attached hydrogens (tertiary/aromatic N) is 2. The minimum Gasteiger partial charge on any atom is -0.345 e. The largest absolute Gasteiger partial charge is 0.345 e. The van der Waals surface area contributed by atoms with Gasteiger partial charge in [-0.3, -0.25) is 4.79 Å². The molecule has 2 heterocycles. The van der Waals surface area contributed by atoms with Crippen molar-refractivity contribution >= 4 is 22.8 Å². The van der Waals surface area contributed by atoms with Crippen molar-refractivity contribution in [1.82, 2.24) is 4.98 Å². The molecule has 2 rings (SSSR count). The van der Waals surface area contributed by atoms with Gasteiger partial charge in [0.15, 0.2) is 11.4 Å². The predicted octanol–water partition coefficient (Wildman–Crippen LogP) is 4.09. The van der Waals surface area contributed by atoms with Gasteiger partial charge in [0.05, 0.1) is 10.6 Å². The molecule has 1 saturated heterocycles. The van der Waals surface area contributed by atoms with Crippen molar-refractivity contribution in [3.8, 4) is 0 Å². The molecule has 0 radical (unpaired) electrons. The lowest BCUT2D eigenvalue weighted by Gasteiger charge is -2.36. The number of hydrogen-bond donors (Lipinski definition) is 0. The number of aldehydes is 1. The van der Waals surface area contributed by atoms with Crippen LogP contribution in [0.15, 0.2) is 0 Å². The molecule has 4 heteroatoms. The number of anilines is 1. The van der Waals surface area contributed by atoms with Crippen LogP contribution in [0.4, 0.5) is 5.13 Å². The summed E-state index contributed by atoms with van der Waals surface area (Å²) in [6, 6.07) is 0.527. The minimum absolute atomic E-state index is 0.365. The maximum absolute atomic E-state index is 11.2. The van der Waals surface area contributed by atoms with Gasteiger partial charge in [-0.2, -0.15) is 0 Å². The lowest BCUT2D eigenvalue weighted by Crippen LogP contribution is -2.40. The molecule has 1 aromatic rings. The number of aromatic nitrogens is 1. The molecule has 0 spiro atoms. The summed E-state index contributed by atoms with van der Waals surface area (Å²) in [5.74, 6) is 1.16. The summed E-state index contributed by atoms with van der Waals surface area (Å²) in [5.41, 5.74) is 0.989. The second kappa shape index (κ2) is 6.04. The molecule has 3 nitrogen and oxygen atoms in total. The Morgan fingerprint density at radius 3 is 2.84 bits per heavy atom. The van der Waals surface area contributed by atoms with Crippen LogP contribution in [-0.4, -0.2) is 23.9 Å². The summed E-state index contributed by atoms with van der Waals surface area (Å²) < 4.78 is 0. The van der Waals surface area contributed by atoms with Crippen molar-refractivity contribution in [3.63, 3.8) is 0 Å². The molecule has 0 aromatic carbocycles. The van der Waals surface area contributed by atoms with Gasteiger partial charge < -0.3 is 4.90 Å². The average molecular weight is 280 g/mol. The van der Waals surface area contributed by atoms with Crippen molar-refractivity contribution in [2.75, 3.05) is 11.4 Å². The van der Waals surface area contributed by atoms with E-state index in [9.17, 15) is 4.79 Å². The normalized spacial score (nSPS) is 25.4. The van der Waals surface area contributed by atoms with Crippen LogP contribution in [0.1, 0.15) is 68.2 Å². The van der Waals surface area contributed by atoms with Crippen molar-refractivity contribution in [2.24, 2.45) is 5.92 Å². The topological polar surface area (TPSA) is 33.2 Å². The van der Waals surface area contributed by atoms with Gasteiger partial charge in [0.1, 0.15) is 0 Å². The van der Waals surface area contributed by atoms with Crippen molar-refractivity contribution in [3.05, 3.63) is 10.6 Å². The van der Waals surface area contributed by atoms with Gasteiger partial charge in [0, 0.05) is 12.6 Å². The highest BCUT2D eigenvalue weighted by Crippen LogP contribution is 2.35. The van der Waals surface area contributed by atoms with Crippen LogP contribution in [0.2, 0.25) is 0 Å². The maximum Gasteiger partial charge on any atom is 0.186 e. The second-order valence-electron chi connectivity index (χ2n) is 5.85. The lowest BCUT2D eigenvalue weighted by molar-refractivity contribution is 0.112. The van der Waals surface area contributed by atoms with E-state index in [2.05, 4.69) is 32.6 Å². The quantitative estimate of drug-likeness (QED) is 0.779. The third-order valence-electron chi connectivity index (χ3n) is 4.24. The van der Waals surface area contributed by atoms with E-state index >= 15 is 0 Å². The fourth-order valence-electron chi connectivity index (χ4n) is 2.78. The Morgan fingerprint density at radius 1 is 1.53 bits per heavy atom. The fourth-order valence-corrected chi connectivity index (χ4v) is 3.91. The summed E-state index contributed by atoms with van der Waals surface area (Å²) in [4.78, 5) is 19.2. The van der Waals surface area contributed by atoms with Gasteiger partial charge >= 0.3 is 0 Å². The first-order chi connectivity index (χ1) is 9.06. The Labute approximate surface area is 120 Å². The van der Waals surface area contributed by atoms with Crippen LogP contribution in [0.5, 0.6) is 0 Å². The molecule has 1 aliphatic heterocycles. The van der Waals surface area contributed by atoms with E-state index in [1.807, 2.05) is 0 Å². The van der Waals surface area contributed by atoms with Gasteiger partial charge in [-0.15, -0.1) is 0 Å². The zero-order valence-electron chi connectivity index (χ0n) is 12.3. The predicted molar refractivity (Wildman–Crippen MR) is 81.4 cm³/mol. The first-order valence-corrected chi connectivity index (χ1v) is 8.11. The van der Waals surface area contributed by atoms with Gasteiger partial charge in [0.2, 0.25) is 0 Å². The molecular formula is C15H24N2OS. The van der Waals surface area contributed by atoms with Crippen molar-refractivity contribution in [2.45, 2.75) is 58.9 Å². The molecule has 0 saturated carbocycles. The van der Waals surface area contributed by atoms with Gasteiger partial charge in [-0.05, 0) is 38.0 Å². The van der Waals surface area contributed by atoms with Crippen LogP contribution >= 0.6 is 11.3 Å². The Bertz CT molecular complexity index is 443. The van der Waals surface area contributed by atoms with E-state index in [0.717, 1.165) is 40.9 Å². The minimum atomic E-state index is 0.365. The van der Waals surface area contributed by atoms with Gasteiger partial charge in [-0.25, -0.2) is 4.98 Å². The molecule has 1 aromatic heterocycles. The fraction of sp³-hybridized carbons (Fsp3) is 0.733. The molecule has 1 aliphatic rings. The Kier molecular flexibility index (Phi) is 4.61. The highest BCUT2D eigenvalue weighted by molar-refractivity contribution is 7.17. The first-order valence-electron chi connectivity index (χ1n) is 7.29. The molecule has 19 heavy (non-hydrogen) atoms. The molecule has 0 aliphatic carbocycles. The van der Waals surface area contributed by atoms with E-state index in [1.165, 1.54) is 12.8 Å². The molecule has 3 unspecified atom stereocenters. The second-order valence-corrected chi connectivity index (χ2v) is 6.85. The number of carbonyl (C=O) groups is 1. The molecule has 1 fully saturated rings. The third kappa shape index (κ3) is 2.99. The smallest absolute Gasteiger partial charge is 0.186 e. The highest BCUT2D eigenvalue weighted by Gasteiger charge is 2.27. The Morgan fingerprint density at radius 2 is 2.26 bits per heavy atom. The van der Waals surface area contributed by atoms with Crippen LogP contribution in [0.25, 0.3) is 0 Å². The Hall–Kier alpha value is -0.900. The highest BCUT2D eigenvalue weighted by atomic mass is 32.1. The number of thiazole rings is 1. The summed E-state index contributed by atoms with van der Waals surface area (Å²) in [7, 11) is 0. The molecule has 0 N–H and O–H groups in total. The summed E-state index contributed by atoms with van der Waals surface area (Å²) in [5, 5.41) is 1.04. The van der Waals surface area contributed by atoms with Crippen LogP contribution in [0, 0.1) is 5.92 Å². The average Bonchev–Trinajstić information content (AvgIpc) is 2.81. The Balaban J connectivity index is 2.25. The van der Waals surface area contributed by atoms with Crippen LogP contribution < -0.4 is 4.90 Å². The standard InChI is InChI=1S/C15H24N2OS/c1-5-11(3)14-13(9-18)19-15(16-14)17-7-6-10(2)8-12(17)4/h9-12H,5-8H2,1-4H3. The van der Waals surface area contributed by atoms with Crippen LogP contribution in [0.3, 0.4) is 0 Å². The van der Waals surface area contributed by atoms with E-state index in [4.69, 9.17) is 4.98 Å². The van der Waals surface area contributed by atoms with Crippen LogP contribution in [-0.2, 0) is 0 Å². The SMILES string of the molecule is CCC(C)c1nc(N2CCC(C)CC2C)sc1C=O. The maximum atomic E-state index is 11.2. The van der Waals surface area contributed by atoms with E-state index in [-0.39, 0.29) is 0 Å². The third-order valence-corrected chi connectivity index (χ3v) is 5.27. The van der Waals surface area contributed by atoms with E-state index < -0.39 is 0 Å². The zero-order chi connectivity index (χ0) is 14.0. The van der Waals surface area contributed by atoms with Gasteiger partial charge in [-0.1, -0.05) is 32.1 Å². The molecule has 0 bridgehead atoms. The molecule has 3 atom stereocenters. The van der Waals surface area contributed by atoms with E-state index in [0.29, 0.717) is 12.0 Å². The zero-order valence-corrected chi connectivity index (χ0v) is 13.2. The van der Waals surface area contributed by atoms with E-state index in [1.54, 1.807) is 11.3 Å².